The molecular formula is C22H29N5O3. The minimum atomic E-state index is -0.396. The van der Waals surface area contributed by atoms with E-state index in [1.165, 1.54) is 23.3 Å². The number of benzene rings is 2. The monoisotopic (exact) mass is 411 g/mol. The third kappa shape index (κ3) is 6.53. The first kappa shape index (κ1) is 21.7. The lowest BCUT2D eigenvalue weighted by Crippen LogP contribution is -2.38. The quantitative estimate of drug-likeness (QED) is 0.300. The fourth-order valence-corrected chi connectivity index (χ4v) is 3.30. The predicted octanol–water partition coefficient (Wildman–Crippen LogP) is 2.68. The molecule has 0 bridgehead atoms. The molecule has 8 heteroatoms. The molecule has 160 valence electrons. The molecule has 8 nitrogen and oxygen atoms in total. The van der Waals surface area contributed by atoms with Gasteiger partial charge in [-0.05, 0) is 23.6 Å². The minimum absolute atomic E-state index is 0.0876. The molecule has 0 atom stereocenters. The summed E-state index contributed by atoms with van der Waals surface area (Å²) in [5, 5.41) is 17.4. The summed E-state index contributed by atoms with van der Waals surface area (Å²) in [5.74, 6) is 0.719. The van der Waals surface area contributed by atoms with E-state index >= 15 is 0 Å². The van der Waals surface area contributed by atoms with Crippen molar-refractivity contribution in [2.24, 2.45) is 4.99 Å². The number of ether oxygens (including phenoxy) is 1. The number of hydrogen-bond donors (Lipinski definition) is 2. The van der Waals surface area contributed by atoms with E-state index in [0.717, 1.165) is 50.9 Å². The van der Waals surface area contributed by atoms with Crippen molar-refractivity contribution < 1.29 is 9.66 Å². The van der Waals surface area contributed by atoms with Crippen molar-refractivity contribution in [1.82, 2.24) is 15.5 Å². The van der Waals surface area contributed by atoms with Crippen LogP contribution in [0.15, 0.2) is 53.5 Å². The highest BCUT2D eigenvalue weighted by Gasteiger charge is 2.13. The third-order valence-corrected chi connectivity index (χ3v) is 4.97. The van der Waals surface area contributed by atoms with Crippen LogP contribution in [0.2, 0.25) is 0 Å². The number of hydrogen-bond acceptors (Lipinski definition) is 5. The summed E-state index contributed by atoms with van der Waals surface area (Å²) >= 11 is 0. The molecule has 0 amide bonds. The van der Waals surface area contributed by atoms with Crippen molar-refractivity contribution in [2.45, 2.75) is 26.6 Å². The Hall–Kier alpha value is -2.97. The van der Waals surface area contributed by atoms with Crippen LogP contribution in [0, 0.1) is 10.1 Å². The Morgan fingerprint density at radius 2 is 1.80 bits per heavy atom. The summed E-state index contributed by atoms with van der Waals surface area (Å²) in [4.78, 5) is 17.4. The molecule has 1 saturated heterocycles. The van der Waals surface area contributed by atoms with Crippen molar-refractivity contribution in [1.29, 1.82) is 0 Å². The van der Waals surface area contributed by atoms with Crippen LogP contribution in [-0.2, 0) is 24.4 Å². The molecule has 0 aliphatic carbocycles. The standard InChI is InChI=1S/C22H29N5O3/c1-2-23-22(24-15-18-7-9-21(10-8-18)27(28)29)25-16-19-5-3-4-6-20(19)17-26-11-13-30-14-12-26/h3-10H,2,11-17H2,1H3,(H2,23,24,25). The van der Waals surface area contributed by atoms with Gasteiger partial charge in [0, 0.05) is 44.9 Å². The van der Waals surface area contributed by atoms with E-state index in [9.17, 15) is 10.1 Å². The van der Waals surface area contributed by atoms with E-state index in [0.29, 0.717) is 13.1 Å². The van der Waals surface area contributed by atoms with E-state index in [-0.39, 0.29) is 5.69 Å². The van der Waals surface area contributed by atoms with Crippen LogP contribution < -0.4 is 10.6 Å². The highest BCUT2D eigenvalue weighted by Crippen LogP contribution is 2.14. The maximum Gasteiger partial charge on any atom is 0.269 e. The zero-order valence-electron chi connectivity index (χ0n) is 17.3. The van der Waals surface area contributed by atoms with Gasteiger partial charge in [0.2, 0.25) is 0 Å². The summed E-state index contributed by atoms with van der Waals surface area (Å²) in [6.45, 7) is 8.31. The number of morpholine rings is 1. The summed E-state index contributed by atoms with van der Waals surface area (Å²) in [6, 6.07) is 14.9. The zero-order valence-corrected chi connectivity index (χ0v) is 17.3. The van der Waals surface area contributed by atoms with Crippen molar-refractivity contribution in [3.05, 3.63) is 75.3 Å². The van der Waals surface area contributed by atoms with Gasteiger partial charge in [0.1, 0.15) is 0 Å². The Kier molecular flexibility index (Phi) is 8.17. The number of guanidine groups is 1. The molecule has 0 spiro atoms. The molecule has 0 saturated carbocycles. The van der Waals surface area contributed by atoms with Gasteiger partial charge in [-0.3, -0.25) is 15.0 Å². The van der Waals surface area contributed by atoms with Gasteiger partial charge in [-0.15, -0.1) is 0 Å². The van der Waals surface area contributed by atoms with Crippen LogP contribution in [0.25, 0.3) is 0 Å². The molecule has 1 aliphatic heterocycles. The van der Waals surface area contributed by atoms with E-state index in [1.807, 2.05) is 6.92 Å². The number of non-ortho nitro benzene ring substituents is 1. The van der Waals surface area contributed by atoms with Gasteiger partial charge < -0.3 is 15.4 Å². The van der Waals surface area contributed by atoms with Crippen LogP contribution in [0.5, 0.6) is 0 Å². The van der Waals surface area contributed by atoms with Crippen molar-refractivity contribution in [3.8, 4) is 0 Å². The summed E-state index contributed by atoms with van der Waals surface area (Å²) in [6.07, 6.45) is 0. The first-order chi connectivity index (χ1) is 14.7. The van der Waals surface area contributed by atoms with E-state index in [2.05, 4.69) is 44.8 Å². The average Bonchev–Trinajstić information content (AvgIpc) is 2.77. The van der Waals surface area contributed by atoms with Gasteiger partial charge in [0.15, 0.2) is 5.96 Å². The lowest BCUT2D eigenvalue weighted by atomic mass is 10.1. The molecule has 2 aromatic carbocycles. The third-order valence-electron chi connectivity index (χ3n) is 4.97. The Morgan fingerprint density at radius 1 is 1.10 bits per heavy atom. The minimum Gasteiger partial charge on any atom is -0.379 e. The van der Waals surface area contributed by atoms with E-state index in [1.54, 1.807) is 12.1 Å². The lowest BCUT2D eigenvalue weighted by Gasteiger charge is -2.27. The van der Waals surface area contributed by atoms with Gasteiger partial charge in [0.25, 0.3) is 5.69 Å². The van der Waals surface area contributed by atoms with Gasteiger partial charge >= 0.3 is 0 Å². The van der Waals surface area contributed by atoms with Gasteiger partial charge in [-0.1, -0.05) is 36.4 Å². The summed E-state index contributed by atoms with van der Waals surface area (Å²) < 4.78 is 5.44. The topological polar surface area (TPSA) is 92.0 Å². The smallest absolute Gasteiger partial charge is 0.269 e. The molecule has 30 heavy (non-hydrogen) atoms. The van der Waals surface area contributed by atoms with Crippen LogP contribution in [0.4, 0.5) is 5.69 Å². The first-order valence-electron chi connectivity index (χ1n) is 10.3. The largest absolute Gasteiger partial charge is 0.379 e. The Balaban J connectivity index is 1.61. The Bertz CT molecular complexity index is 848. The highest BCUT2D eigenvalue weighted by molar-refractivity contribution is 5.79. The number of rotatable bonds is 8. The van der Waals surface area contributed by atoms with Gasteiger partial charge in [-0.25, -0.2) is 4.99 Å². The van der Waals surface area contributed by atoms with Crippen molar-refractivity contribution in [2.75, 3.05) is 32.8 Å². The molecule has 2 aromatic rings. The Morgan fingerprint density at radius 3 is 2.47 bits per heavy atom. The molecule has 1 fully saturated rings. The predicted molar refractivity (Wildman–Crippen MR) is 117 cm³/mol. The van der Waals surface area contributed by atoms with Crippen LogP contribution in [-0.4, -0.2) is 48.6 Å². The van der Waals surface area contributed by atoms with Crippen LogP contribution in [0.3, 0.4) is 0 Å². The van der Waals surface area contributed by atoms with Crippen LogP contribution >= 0.6 is 0 Å². The average molecular weight is 412 g/mol. The molecule has 0 radical (unpaired) electrons. The Labute approximate surface area is 177 Å². The SMILES string of the molecule is CCNC(=NCc1ccc([N+](=O)[O-])cc1)NCc1ccccc1CN1CCOCC1. The molecule has 3 rings (SSSR count). The molecule has 1 aliphatic rings. The summed E-state index contributed by atoms with van der Waals surface area (Å²) in [5.41, 5.74) is 3.55. The van der Waals surface area contributed by atoms with Crippen molar-refractivity contribution >= 4 is 11.6 Å². The number of nitrogens with zero attached hydrogens (tertiary/aromatic N) is 3. The molecular weight excluding hydrogens is 382 g/mol. The second-order valence-electron chi connectivity index (χ2n) is 7.13. The number of aliphatic imine (C=N–C) groups is 1. The second kappa shape index (κ2) is 11.3. The normalized spacial score (nSPS) is 15.0. The highest BCUT2D eigenvalue weighted by atomic mass is 16.6. The fraction of sp³-hybridized carbons (Fsp3) is 0.409. The lowest BCUT2D eigenvalue weighted by molar-refractivity contribution is -0.384. The van der Waals surface area contributed by atoms with Crippen LogP contribution in [0.1, 0.15) is 23.6 Å². The summed E-state index contributed by atoms with van der Waals surface area (Å²) in [7, 11) is 0. The van der Waals surface area contributed by atoms with Crippen molar-refractivity contribution in [3.63, 3.8) is 0 Å². The van der Waals surface area contributed by atoms with E-state index < -0.39 is 4.92 Å². The van der Waals surface area contributed by atoms with Gasteiger partial charge in [0.05, 0.1) is 24.7 Å². The maximum absolute atomic E-state index is 10.8. The second-order valence-corrected chi connectivity index (χ2v) is 7.13. The maximum atomic E-state index is 10.8. The molecule has 0 unspecified atom stereocenters. The molecule has 0 aromatic heterocycles. The van der Waals surface area contributed by atoms with Gasteiger partial charge in [-0.2, -0.15) is 0 Å². The number of nitro groups is 1. The van der Waals surface area contributed by atoms with E-state index in [4.69, 9.17) is 4.74 Å². The first-order valence-corrected chi connectivity index (χ1v) is 10.3. The number of nitro benzene ring substituents is 1. The number of nitrogens with one attached hydrogen (secondary N) is 2. The molecule has 2 N–H and O–H groups in total. The molecule has 1 heterocycles. The zero-order chi connectivity index (χ0) is 21.2. The fourth-order valence-electron chi connectivity index (χ4n) is 3.30.